The van der Waals surface area contributed by atoms with E-state index in [1.807, 2.05) is 0 Å². The van der Waals surface area contributed by atoms with Crippen molar-refractivity contribution in [3.8, 4) is 0 Å². The number of carbonyl (C=O) groups excluding carboxylic acids is 1. The van der Waals surface area contributed by atoms with E-state index in [-0.39, 0.29) is 5.97 Å². The summed E-state index contributed by atoms with van der Waals surface area (Å²) in [6, 6.07) is 0. The van der Waals surface area contributed by atoms with Gasteiger partial charge >= 0.3 is 5.97 Å². The van der Waals surface area contributed by atoms with Gasteiger partial charge in [0.05, 0.1) is 6.61 Å². The maximum absolute atomic E-state index is 11.7. The molecular weight excluding hydrogens is 346 g/mol. The molecule has 0 saturated carbocycles. The Morgan fingerprint density at radius 2 is 1.50 bits per heavy atom. The zero-order valence-corrected chi connectivity index (χ0v) is 18.4. The predicted octanol–water partition coefficient (Wildman–Crippen LogP) is 6.64. The van der Waals surface area contributed by atoms with Gasteiger partial charge in [0.15, 0.2) is 0 Å². The topological polar surface area (TPSA) is 29.5 Å². The summed E-state index contributed by atoms with van der Waals surface area (Å²) in [5.74, 6) is -0.0386. The van der Waals surface area contributed by atoms with Crippen LogP contribution in [0.25, 0.3) is 0 Å². The van der Waals surface area contributed by atoms with Gasteiger partial charge in [0.1, 0.15) is 0 Å². The van der Waals surface area contributed by atoms with E-state index in [2.05, 4.69) is 42.5 Å². The van der Waals surface area contributed by atoms with Gasteiger partial charge in [0.25, 0.3) is 0 Å². The van der Waals surface area contributed by atoms with E-state index in [0.29, 0.717) is 13.0 Å². The molecule has 0 aromatic carbocycles. The number of allylic oxidation sites excluding steroid dienone is 4. The highest BCUT2D eigenvalue weighted by Gasteiger charge is 2.11. The van der Waals surface area contributed by atoms with Crippen LogP contribution in [0.1, 0.15) is 96.8 Å². The smallest absolute Gasteiger partial charge is 0.305 e. The van der Waals surface area contributed by atoms with Gasteiger partial charge in [0.2, 0.25) is 0 Å². The van der Waals surface area contributed by atoms with Gasteiger partial charge in [-0.25, -0.2) is 0 Å². The first kappa shape index (κ1) is 24.9. The van der Waals surface area contributed by atoms with Gasteiger partial charge in [-0.15, -0.1) is 0 Å². The maximum Gasteiger partial charge on any atom is 0.305 e. The molecule has 1 saturated heterocycles. The first-order chi connectivity index (χ1) is 13.8. The number of esters is 1. The molecule has 0 N–H and O–H groups in total. The van der Waals surface area contributed by atoms with Crippen LogP contribution in [0.4, 0.5) is 0 Å². The highest BCUT2D eigenvalue weighted by molar-refractivity contribution is 5.69. The van der Waals surface area contributed by atoms with E-state index < -0.39 is 0 Å². The normalized spacial score (nSPS) is 15.2. The van der Waals surface area contributed by atoms with E-state index in [1.54, 1.807) is 0 Å². The van der Waals surface area contributed by atoms with Crippen LogP contribution in [0.2, 0.25) is 0 Å². The third-order valence-corrected chi connectivity index (χ3v) is 5.28. The second kappa shape index (κ2) is 19.2. The third-order valence-electron chi connectivity index (χ3n) is 5.28. The van der Waals surface area contributed by atoms with E-state index in [4.69, 9.17) is 4.74 Å². The fourth-order valence-corrected chi connectivity index (χ4v) is 3.51. The van der Waals surface area contributed by atoms with Crippen LogP contribution in [0.3, 0.4) is 0 Å². The molecule has 161 valence electrons. The van der Waals surface area contributed by atoms with Crippen molar-refractivity contribution in [2.45, 2.75) is 96.8 Å². The molecule has 1 fully saturated rings. The predicted molar refractivity (Wildman–Crippen MR) is 120 cm³/mol. The summed E-state index contributed by atoms with van der Waals surface area (Å²) >= 11 is 0. The van der Waals surface area contributed by atoms with E-state index >= 15 is 0 Å². The molecule has 3 nitrogen and oxygen atoms in total. The summed E-state index contributed by atoms with van der Waals surface area (Å²) in [4.78, 5) is 14.1. The standard InChI is InChI=1S/C25H44NO2/c1-2-3-4-5-6-7-8-9-10-11-12-13-14-15-16-20-25(27)28-24-19-23-26-21-17-18-22-26/h6-7,9-10,19H,2-5,8,11-18,20-24H2,1H3/b7-6-,10-9-. The lowest BCUT2D eigenvalue weighted by molar-refractivity contribution is -0.142. The van der Waals surface area contributed by atoms with Crippen LogP contribution in [0.5, 0.6) is 0 Å². The summed E-state index contributed by atoms with van der Waals surface area (Å²) in [6.07, 6.45) is 27.8. The van der Waals surface area contributed by atoms with Crippen molar-refractivity contribution in [2.75, 3.05) is 26.2 Å². The molecule has 1 aliphatic rings. The molecule has 0 unspecified atom stereocenters. The Balaban J connectivity index is 1.78. The molecule has 0 bridgehead atoms. The van der Waals surface area contributed by atoms with Crippen LogP contribution >= 0.6 is 0 Å². The van der Waals surface area contributed by atoms with Gasteiger partial charge in [-0.3, -0.25) is 4.79 Å². The first-order valence-electron chi connectivity index (χ1n) is 11.8. The summed E-state index contributed by atoms with van der Waals surface area (Å²) in [6.45, 7) is 6.05. The maximum atomic E-state index is 11.7. The lowest BCUT2D eigenvalue weighted by Crippen LogP contribution is -2.22. The number of ether oxygens (including phenoxy) is 1. The van der Waals surface area contributed by atoms with Crippen molar-refractivity contribution in [3.63, 3.8) is 0 Å². The monoisotopic (exact) mass is 390 g/mol. The number of likely N-dealkylation sites (tertiary alicyclic amines) is 1. The minimum Gasteiger partial charge on any atom is -0.465 e. The average molecular weight is 391 g/mol. The van der Waals surface area contributed by atoms with Crippen molar-refractivity contribution in [3.05, 3.63) is 30.7 Å². The van der Waals surface area contributed by atoms with E-state index in [1.165, 1.54) is 77.3 Å². The van der Waals surface area contributed by atoms with Crippen molar-refractivity contribution in [1.29, 1.82) is 0 Å². The van der Waals surface area contributed by atoms with Crippen molar-refractivity contribution >= 4 is 5.97 Å². The van der Waals surface area contributed by atoms with Crippen LogP contribution < -0.4 is 0 Å². The molecule has 1 radical (unpaired) electrons. The minimum absolute atomic E-state index is 0.0386. The Kier molecular flexibility index (Phi) is 17.1. The molecule has 1 heterocycles. The van der Waals surface area contributed by atoms with Crippen molar-refractivity contribution in [2.24, 2.45) is 0 Å². The molecule has 0 spiro atoms. The Morgan fingerprint density at radius 3 is 2.21 bits per heavy atom. The van der Waals surface area contributed by atoms with Crippen molar-refractivity contribution in [1.82, 2.24) is 4.90 Å². The van der Waals surface area contributed by atoms with Crippen molar-refractivity contribution < 1.29 is 9.53 Å². The first-order valence-corrected chi connectivity index (χ1v) is 11.8. The summed E-state index contributed by atoms with van der Waals surface area (Å²) in [5, 5.41) is 0. The molecule has 0 amide bonds. The van der Waals surface area contributed by atoms with Crippen LogP contribution in [-0.4, -0.2) is 37.1 Å². The molecule has 0 aromatic heterocycles. The summed E-state index contributed by atoms with van der Waals surface area (Å²) in [5.41, 5.74) is 0. The largest absolute Gasteiger partial charge is 0.465 e. The molecule has 0 aromatic rings. The average Bonchev–Trinajstić information content (AvgIpc) is 3.22. The minimum atomic E-state index is -0.0386. The van der Waals surface area contributed by atoms with Gasteiger partial charge < -0.3 is 9.64 Å². The molecular formula is C25H44NO2. The van der Waals surface area contributed by atoms with E-state index in [0.717, 1.165) is 25.8 Å². The lowest BCUT2D eigenvalue weighted by Gasteiger charge is -2.13. The molecule has 1 aliphatic heterocycles. The highest BCUT2D eigenvalue weighted by Crippen LogP contribution is 2.09. The zero-order valence-electron chi connectivity index (χ0n) is 18.4. The second-order valence-electron chi connectivity index (χ2n) is 7.96. The fraction of sp³-hybridized carbons (Fsp3) is 0.760. The van der Waals surface area contributed by atoms with Gasteiger partial charge in [-0.1, -0.05) is 63.3 Å². The van der Waals surface area contributed by atoms with Crippen LogP contribution in [0.15, 0.2) is 24.3 Å². The number of nitrogens with zero attached hydrogens (tertiary/aromatic N) is 1. The van der Waals surface area contributed by atoms with Crippen LogP contribution in [-0.2, 0) is 9.53 Å². The second-order valence-corrected chi connectivity index (χ2v) is 7.96. The SMILES string of the molecule is CCCCC/C=C\C/C=C\CCCCCCCC(=O)OC[CH]CN1CCCC1. The molecule has 0 atom stereocenters. The molecule has 28 heavy (non-hydrogen) atoms. The lowest BCUT2D eigenvalue weighted by atomic mass is 10.1. The van der Waals surface area contributed by atoms with Gasteiger partial charge in [-0.2, -0.15) is 0 Å². The summed E-state index contributed by atoms with van der Waals surface area (Å²) in [7, 11) is 0. The summed E-state index contributed by atoms with van der Waals surface area (Å²) < 4.78 is 5.29. The Hall–Kier alpha value is -1.09. The Bertz CT molecular complexity index is 411. The third kappa shape index (κ3) is 15.9. The molecule has 0 aliphatic carbocycles. The number of hydrogen-bond acceptors (Lipinski definition) is 3. The Morgan fingerprint density at radius 1 is 0.857 bits per heavy atom. The highest BCUT2D eigenvalue weighted by atomic mass is 16.5. The van der Waals surface area contributed by atoms with Gasteiger partial charge in [0, 0.05) is 19.4 Å². The quantitative estimate of drug-likeness (QED) is 0.149. The molecule has 1 rings (SSSR count). The number of hydrogen-bond donors (Lipinski definition) is 0. The number of carbonyl (C=O) groups is 1. The molecule has 3 heteroatoms. The number of unbranched alkanes of at least 4 members (excludes halogenated alkanes) is 8. The Labute approximate surface area is 174 Å². The fourth-order valence-electron chi connectivity index (χ4n) is 3.51. The van der Waals surface area contributed by atoms with Crippen LogP contribution in [0, 0.1) is 6.42 Å². The zero-order chi connectivity index (χ0) is 20.1. The number of rotatable bonds is 18. The van der Waals surface area contributed by atoms with Gasteiger partial charge in [-0.05, 0) is 64.5 Å². The van der Waals surface area contributed by atoms with E-state index in [9.17, 15) is 4.79 Å².